The standard InChI is InChI=1S/C31H36FN5O6.C7H6/c1-17-18(2)33-29(34-22-9-7-21(32)8-10-22)36-27(17)37-14-13-20-15-23(11-12-24(20)19(37)3)42-28(40)25(16-26(38)39)35-30(41)43-31(4,5)6;1-2-4-7-5-6(7)3-1/h7-12,15,19,25H,13-14,16H2,1-6H3,(H,35,41)(H,38,39)(H,33,34,36);1-4H,5H2. The van der Waals surface area contributed by atoms with E-state index in [4.69, 9.17) is 14.5 Å². The average molecular weight is 684 g/mol. The summed E-state index contributed by atoms with van der Waals surface area (Å²) >= 11 is 0. The van der Waals surface area contributed by atoms with Crippen LogP contribution >= 0.6 is 0 Å². The number of amides is 1. The molecule has 0 radical (unpaired) electrons. The lowest BCUT2D eigenvalue weighted by atomic mass is 9.93. The SMILES string of the molecule is Cc1nc(Nc2ccc(F)cc2)nc(N2CCc3cc(OC(=O)C(CC(=O)O)NC(=O)OC(C)(C)C)ccc3C2C)c1C.c1ccc2c(c1)C2. The molecule has 0 saturated carbocycles. The Morgan fingerprint density at radius 1 is 1.00 bits per heavy atom. The Kier molecular flexibility index (Phi) is 10.7. The fraction of sp³-hybridized carbons (Fsp3) is 0.342. The molecule has 3 aromatic carbocycles. The molecule has 2 atom stereocenters. The van der Waals surface area contributed by atoms with E-state index in [9.17, 15) is 23.9 Å². The Balaban J connectivity index is 0.000000608. The van der Waals surface area contributed by atoms with Crippen molar-refractivity contribution in [2.45, 2.75) is 78.5 Å². The van der Waals surface area contributed by atoms with Crippen molar-refractivity contribution < 1.29 is 33.4 Å². The number of carbonyl (C=O) groups excluding carboxylic acids is 2. The van der Waals surface area contributed by atoms with Crippen LogP contribution in [0.15, 0.2) is 66.7 Å². The lowest BCUT2D eigenvalue weighted by Crippen LogP contribution is -2.46. The number of nitrogens with zero attached hydrogens (tertiary/aromatic N) is 3. The normalized spacial score (nSPS) is 14.9. The number of benzene rings is 3. The quantitative estimate of drug-likeness (QED) is 0.116. The van der Waals surface area contributed by atoms with Crippen LogP contribution in [0.25, 0.3) is 0 Å². The van der Waals surface area contributed by atoms with E-state index >= 15 is 0 Å². The predicted octanol–water partition coefficient (Wildman–Crippen LogP) is 6.96. The first-order valence-corrected chi connectivity index (χ1v) is 16.4. The van der Waals surface area contributed by atoms with Gasteiger partial charge >= 0.3 is 18.0 Å². The van der Waals surface area contributed by atoms with Crippen molar-refractivity contribution in [1.82, 2.24) is 15.3 Å². The molecule has 2 aliphatic rings. The van der Waals surface area contributed by atoms with Crippen LogP contribution in [0, 0.1) is 19.7 Å². The number of anilines is 3. The Hall–Kier alpha value is -5.52. The van der Waals surface area contributed by atoms with Gasteiger partial charge in [-0.3, -0.25) is 4.79 Å². The average Bonchev–Trinajstić information content (AvgIpc) is 3.83. The molecule has 1 aliphatic heterocycles. The highest BCUT2D eigenvalue weighted by atomic mass is 19.1. The number of aromatic nitrogens is 2. The molecule has 0 bridgehead atoms. The van der Waals surface area contributed by atoms with Crippen molar-refractivity contribution in [2.75, 3.05) is 16.8 Å². The number of hydrogen-bond donors (Lipinski definition) is 3. The first kappa shape index (κ1) is 35.8. The minimum atomic E-state index is -1.43. The number of carboxylic acid groups (broad SMARTS) is 1. The maximum atomic E-state index is 13.3. The van der Waals surface area contributed by atoms with Gasteiger partial charge in [-0.05, 0) is 113 Å². The number of halogens is 1. The molecule has 2 unspecified atom stereocenters. The summed E-state index contributed by atoms with van der Waals surface area (Å²) < 4.78 is 24.0. The minimum Gasteiger partial charge on any atom is -0.481 e. The van der Waals surface area contributed by atoms with Crippen LogP contribution in [0.5, 0.6) is 5.75 Å². The number of aryl methyl sites for hydroxylation is 1. The van der Waals surface area contributed by atoms with Gasteiger partial charge in [-0.1, -0.05) is 30.3 Å². The van der Waals surface area contributed by atoms with Crippen molar-refractivity contribution in [2.24, 2.45) is 0 Å². The van der Waals surface area contributed by atoms with Gasteiger partial charge < -0.3 is 30.1 Å². The van der Waals surface area contributed by atoms with Gasteiger partial charge in [-0.2, -0.15) is 4.98 Å². The summed E-state index contributed by atoms with van der Waals surface area (Å²) in [5.74, 6) is -1.10. The molecule has 12 heteroatoms. The van der Waals surface area contributed by atoms with Crippen molar-refractivity contribution in [1.29, 1.82) is 0 Å². The molecular weight excluding hydrogens is 641 g/mol. The molecule has 2 heterocycles. The number of fused-ring (bicyclic) bond motifs is 2. The Morgan fingerprint density at radius 3 is 2.30 bits per heavy atom. The van der Waals surface area contributed by atoms with Gasteiger partial charge in [-0.15, -0.1) is 0 Å². The van der Waals surface area contributed by atoms with Gasteiger partial charge in [0.1, 0.15) is 29.0 Å². The third kappa shape index (κ3) is 9.34. The van der Waals surface area contributed by atoms with Gasteiger partial charge in [0, 0.05) is 23.5 Å². The van der Waals surface area contributed by atoms with E-state index < -0.39 is 36.1 Å². The summed E-state index contributed by atoms with van der Waals surface area (Å²) in [6, 6.07) is 18.3. The van der Waals surface area contributed by atoms with E-state index in [1.807, 2.05) is 19.9 Å². The van der Waals surface area contributed by atoms with Crippen LogP contribution in [0.1, 0.15) is 73.7 Å². The van der Waals surface area contributed by atoms with Crippen LogP contribution in [0.4, 0.5) is 26.6 Å². The zero-order valence-corrected chi connectivity index (χ0v) is 29.0. The summed E-state index contributed by atoms with van der Waals surface area (Å²) in [4.78, 5) is 47.9. The van der Waals surface area contributed by atoms with Crippen molar-refractivity contribution in [3.63, 3.8) is 0 Å². The van der Waals surface area contributed by atoms with E-state index in [-0.39, 0.29) is 17.6 Å². The fourth-order valence-corrected chi connectivity index (χ4v) is 5.61. The number of carboxylic acids is 1. The highest BCUT2D eigenvalue weighted by molar-refractivity contribution is 5.87. The summed E-state index contributed by atoms with van der Waals surface area (Å²) in [6.07, 6.45) is 0.294. The van der Waals surface area contributed by atoms with Crippen LogP contribution < -0.4 is 20.3 Å². The number of rotatable bonds is 8. The van der Waals surface area contributed by atoms with Gasteiger partial charge in [0.15, 0.2) is 0 Å². The number of hydrogen-bond acceptors (Lipinski definition) is 9. The number of esters is 1. The van der Waals surface area contributed by atoms with E-state index in [1.165, 1.54) is 29.7 Å². The summed E-state index contributed by atoms with van der Waals surface area (Å²) in [7, 11) is 0. The topological polar surface area (TPSA) is 143 Å². The molecule has 0 fully saturated rings. The zero-order chi connectivity index (χ0) is 36.2. The van der Waals surface area contributed by atoms with Crippen molar-refractivity contribution >= 4 is 35.5 Å². The maximum absolute atomic E-state index is 13.3. The van der Waals surface area contributed by atoms with Crippen molar-refractivity contribution in [3.8, 4) is 5.75 Å². The minimum absolute atomic E-state index is 0.0752. The molecule has 1 aromatic heterocycles. The summed E-state index contributed by atoms with van der Waals surface area (Å²) in [5.41, 5.74) is 6.64. The molecule has 3 N–H and O–H groups in total. The number of alkyl carbamates (subject to hydrolysis) is 1. The Morgan fingerprint density at radius 2 is 1.68 bits per heavy atom. The molecule has 0 spiro atoms. The van der Waals surface area contributed by atoms with E-state index in [1.54, 1.807) is 45.0 Å². The van der Waals surface area contributed by atoms with Gasteiger partial charge in [0.2, 0.25) is 5.95 Å². The zero-order valence-electron chi connectivity index (χ0n) is 29.0. The third-order valence-corrected chi connectivity index (χ3v) is 8.34. The number of aliphatic carboxylic acids is 1. The lowest BCUT2D eigenvalue weighted by Gasteiger charge is -2.37. The van der Waals surface area contributed by atoms with E-state index in [0.29, 0.717) is 24.6 Å². The maximum Gasteiger partial charge on any atom is 0.408 e. The molecule has 6 rings (SSSR count). The monoisotopic (exact) mass is 683 g/mol. The second-order valence-corrected chi connectivity index (χ2v) is 13.4. The Labute approximate surface area is 290 Å². The van der Waals surface area contributed by atoms with Crippen LogP contribution in [0.3, 0.4) is 0 Å². The van der Waals surface area contributed by atoms with Gasteiger partial charge in [0.05, 0.1) is 12.5 Å². The molecule has 4 aromatic rings. The smallest absolute Gasteiger partial charge is 0.408 e. The number of carbonyl (C=O) groups is 3. The van der Waals surface area contributed by atoms with E-state index in [0.717, 1.165) is 28.2 Å². The second kappa shape index (κ2) is 14.9. The first-order chi connectivity index (χ1) is 23.7. The fourth-order valence-electron chi connectivity index (χ4n) is 5.61. The van der Waals surface area contributed by atoms with Crippen LogP contribution in [-0.2, 0) is 27.2 Å². The molecule has 1 aliphatic carbocycles. The third-order valence-electron chi connectivity index (χ3n) is 8.34. The summed E-state index contributed by atoms with van der Waals surface area (Å²) in [5, 5.41) is 14.7. The molecule has 50 heavy (non-hydrogen) atoms. The second-order valence-electron chi connectivity index (χ2n) is 13.4. The molecule has 0 saturated heterocycles. The molecule has 11 nitrogen and oxygen atoms in total. The van der Waals surface area contributed by atoms with Crippen LogP contribution in [-0.4, -0.2) is 51.3 Å². The number of ether oxygens (including phenoxy) is 2. The first-order valence-electron chi connectivity index (χ1n) is 16.4. The number of nitrogens with one attached hydrogen (secondary N) is 2. The summed E-state index contributed by atoms with van der Waals surface area (Å²) in [6.45, 7) is 11.5. The highest BCUT2D eigenvalue weighted by Crippen LogP contribution is 2.37. The molecular formula is C38H42FN5O6. The molecule has 262 valence electrons. The Bertz CT molecular complexity index is 1870. The largest absolute Gasteiger partial charge is 0.481 e. The van der Waals surface area contributed by atoms with E-state index in [2.05, 4.69) is 51.7 Å². The highest BCUT2D eigenvalue weighted by Gasteiger charge is 2.30. The van der Waals surface area contributed by atoms with Crippen LogP contribution in [0.2, 0.25) is 0 Å². The lowest BCUT2D eigenvalue weighted by molar-refractivity contribution is -0.144. The predicted molar refractivity (Wildman–Crippen MR) is 187 cm³/mol. The van der Waals surface area contributed by atoms with Gasteiger partial charge in [-0.25, -0.2) is 19.0 Å². The van der Waals surface area contributed by atoms with Crippen molar-refractivity contribution in [3.05, 3.63) is 106 Å². The molecule has 1 amide bonds. The van der Waals surface area contributed by atoms with Gasteiger partial charge in [0.25, 0.3) is 0 Å².